The van der Waals surface area contributed by atoms with E-state index >= 15 is 0 Å². The first-order valence-corrected chi connectivity index (χ1v) is 4.84. The monoisotopic (exact) mass is 229 g/mol. The summed E-state index contributed by atoms with van der Waals surface area (Å²) in [5, 5.41) is 18.5. The van der Waals surface area contributed by atoms with Gasteiger partial charge < -0.3 is 15.9 Å². The van der Waals surface area contributed by atoms with Crippen LogP contribution in [0.1, 0.15) is 24.5 Å². The molecule has 0 aliphatic heterocycles. The quantitative estimate of drug-likeness (QED) is 0.688. The topological polar surface area (TPSA) is 83.5 Å². The number of halogens is 1. The van der Waals surface area contributed by atoms with Crippen LogP contribution in [0.2, 0.25) is 5.02 Å². The van der Waals surface area contributed by atoms with Gasteiger partial charge in [-0.1, -0.05) is 23.7 Å². The summed E-state index contributed by atoms with van der Waals surface area (Å²) in [7, 11) is 0. The molecule has 1 unspecified atom stereocenters. The molecule has 0 saturated heterocycles. The van der Waals surface area contributed by atoms with Crippen molar-refractivity contribution in [2.24, 2.45) is 0 Å². The summed E-state index contributed by atoms with van der Waals surface area (Å²) < 4.78 is 0. The van der Waals surface area contributed by atoms with Crippen molar-refractivity contribution in [3.8, 4) is 0 Å². The van der Waals surface area contributed by atoms with Crippen molar-refractivity contribution < 1.29 is 15.0 Å². The zero-order chi connectivity index (χ0) is 11.4. The Bertz CT molecular complexity index is 368. The molecule has 0 saturated carbocycles. The number of benzene rings is 1. The number of nitrogens with two attached hydrogens (primary N) is 1. The predicted molar refractivity (Wildman–Crippen MR) is 57.7 cm³/mol. The van der Waals surface area contributed by atoms with Gasteiger partial charge in [0.05, 0.1) is 16.8 Å². The maximum absolute atomic E-state index is 10.3. The molecule has 0 heterocycles. The van der Waals surface area contributed by atoms with Crippen LogP contribution in [-0.4, -0.2) is 16.2 Å². The third kappa shape index (κ3) is 3.11. The Balaban J connectivity index is 2.77. The van der Waals surface area contributed by atoms with Gasteiger partial charge >= 0.3 is 5.97 Å². The molecule has 15 heavy (non-hydrogen) atoms. The summed E-state index contributed by atoms with van der Waals surface area (Å²) in [5.41, 5.74) is 6.43. The molecule has 1 rings (SSSR count). The number of hydrogen-bond acceptors (Lipinski definition) is 3. The molecule has 0 amide bonds. The lowest BCUT2D eigenvalue weighted by Gasteiger charge is -2.12. The lowest BCUT2D eigenvalue weighted by atomic mass is 10.0. The van der Waals surface area contributed by atoms with Crippen molar-refractivity contribution in [1.29, 1.82) is 0 Å². The summed E-state index contributed by atoms with van der Waals surface area (Å²) in [6, 6.07) is 4.91. The van der Waals surface area contributed by atoms with E-state index in [2.05, 4.69) is 0 Å². The summed E-state index contributed by atoms with van der Waals surface area (Å²) in [5.74, 6) is -0.949. The van der Waals surface area contributed by atoms with Gasteiger partial charge in [0.25, 0.3) is 0 Å². The molecule has 4 N–H and O–H groups in total. The van der Waals surface area contributed by atoms with Gasteiger partial charge in [0.15, 0.2) is 0 Å². The second kappa shape index (κ2) is 5.00. The maximum Gasteiger partial charge on any atom is 0.303 e. The number of carboxylic acid groups (broad SMARTS) is 1. The van der Waals surface area contributed by atoms with Crippen LogP contribution in [0.15, 0.2) is 18.2 Å². The van der Waals surface area contributed by atoms with E-state index in [4.69, 9.17) is 22.4 Å². The van der Waals surface area contributed by atoms with Crippen LogP contribution in [-0.2, 0) is 4.79 Å². The van der Waals surface area contributed by atoms with E-state index in [9.17, 15) is 9.90 Å². The van der Waals surface area contributed by atoms with Crippen LogP contribution in [0.4, 0.5) is 5.69 Å². The molecule has 0 fully saturated rings. The van der Waals surface area contributed by atoms with Crippen molar-refractivity contribution in [3.05, 3.63) is 28.8 Å². The molecular formula is C10H12ClNO3. The molecule has 1 atom stereocenters. The molecule has 82 valence electrons. The Labute approximate surface area is 92.3 Å². The van der Waals surface area contributed by atoms with Gasteiger partial charge in [-0.25, -0.2) is 0 Å². The number of nitrogen functional groups attached to an aromatic ring is 1. The highest BCUT2D eigenvalue weighted by Crippen LogP contribution is 2.29. The molecule has 0 spiro atoms. The summed E-state index contributed by atoms with van der Waals surface area (Å²) in [4.78, 5) is 10.3. The van der Waals surface area contributed by atoms with E-state index in [1.165, 1.54) is 0 Å². The van der Waals surface area contributed by atoms with Crippen LogP contribution in [0.3, 0.4) is 0 Å². The van der Waals surface area contributed by atoms with E-state index in [1.54, 1.807) is 18.2 Å². The fourth-order valence-corrected chi connectivity index (χ4v) is 1.44. The first kappa shape index (κ1) is 11.8. The zero-order valence-electron chi connectivity index (χ0n) is 7.98. The molecule has 1 aromatic carbocycles. The summed E-state index contributed by atoms with van der Waals surface area (Å²) in [6.45, 7) is 0. The molecule has 0 radical (unpaired) electrons. The fourth-order valence-electron chi connectivity index (χ4n) is 1.26. The average Bonchev–Trinajstić information content (AvgIpc) is 2.18. The second-order valence-corrected chi connectivity index (χ2v) is 3.60. The van der Waals surface area contributed by atoms with Gasteiger partial charge in [0.2, 0.25) is 0 Å². The third-order valence-corrected chi connectivity index (χ3v) is 2.41. The lowest BCUT2D eigenvalue weighted by molar-refractivity contribution is -0.137. The van der Waals surface area contributed by atoms with E-state index in [0.717, 1.165) is 0 Å². The van der Waals surface area contributed by atoms with Crippen molar-refractivity contribution in [2.75, 3.05) is 5.73 Å². The fraction of sp³-hybridized carbons (Fsp3) is 0.300. The van der Waals surface area contributed by atoms with Crippen molar-refractivity contribution in [2.45, 2.75) is 18.9 Å². The molecule has 5 heteroatoms. The van der Waals surface area contributed by atoms with Crippen molar-refractivity contribution >= 4 is 23.3 Å². The van der Waals surface area contributed by atoms with Gasteiger partial charge in [0, 0.05) is 12.0 Å². The normalized spacial score (nSPS) is 12.4. The van der Waals surface area contributed by atoms with Gasteiger partial charge in [0.1, 0.15) is 0 Å². The Morgan fingerprint density at radius 1 is 1.53 bits per heavy atom. The maximum atomic E-state index is 10.3. The number of aliphatic hydroxyl groups is 1. The molecule has 0 aliphatic rings. The Morgan fingerprint density at radius 3 is 2.80 bits per heavy atom. The van der Waals surface area contributed by atoms with Gasteiger partial charge in [-0.05, 0) is 12.5 Å². The summed E-state index contributed by atoms with van der Waals surface area (Å²) >= 11 is 5.77. The number of aliphatic hydroxyl groups excluding tert-OH is 1. The van der Waals surface area contributed by atoms with E-state index in [0.29, 0.717) is 16.3 Å². The van der Waals surface area contributed by atoms with Crippen LogP contribution < -0.4 is 5.73 Å². The van der Waals surface area contributed by atoms with E-state index in [-0.39, 0.29) is 12.8 Å². The number of carboxylic acids is 1. The first-order valence-electron chi connectivity index (χ1n) is 4.46. The highest BCUT2D eigenvalue weighted by atomic mass is 35.5. The largest absolute Gasteiger partial charge is 0.481 e. The molecule has 0 aromatic heterocycles. The minimum Gasteiger partial charge on any atom is -0.481 e. The van der Waals surface area contributed by atoms with Crippen LogP contribution in [0.25, 0.3) is 0 Å². The van der Waals surface area contributed by atoms with Gasteiger partial charge in [-0.3, -0.25) is 4.79 Å². The van der Waals surface area contributed by atoms with Crippen LogP contribution in [0.5, 0.6) is 0 Å². The average molecular weight is 230 g/mol. The number of hydrogen-bond donors (Lipinski definition) is 3. The predicted octanol–water partition coefficient (Wildman–Crippen LogP) is 1.82. The highest BCUT2D eigenvalue weighted by Gasteiger charge is 2.13. The molecule has 4 nitrogen and oxygen atoms in total. The first-order chi connectivity index (χ1) is 7.02. The Hall–Kier alpha value is -1.26. The van der Waals surface area contributed by atoms with E-state index in [1.807, 2.05) is 0 Å². The lowest BCUT2D eigenvalue weighted by Crippen LogP contribution is -2.05. The molecule has 0 aliphatic carbocycles. The number of para-hydroxylation sites is 1. The minimum atomic E-state index is -0.949. The smallest absolute Gasteiger partial charge is 0.303 e. The standard InChI is InChI=1S/C10H12ClNO3/c11-7-3-1-2-6(10(7)12)8(13)4-5-9(14)15/h1-3,8,13H,4-5,12H2,(H,14,15). The number of anilines is 1. The van der Waals surface area contributed by atoms with Gasteiger partial charge in [-0.15, -0.1) is 0 Å². The van der Waals surface area contributed by atoms with Crippen molar-refractivity contribution in [1.82, 2.24) is 0 Å². The molecular weight excluding hydrogens is 218 g/mol. The summed E-state index contributed by atoms with van der Waals surface area (Å²) in [6.07, 6.45) is -0.868. The number of carbonyl (C=O) groups is 1. The van der Waals surface area contributed by atoms with Crippen molar-refractivity contribution in [3.63, 3.8) is 0 Å². The Kier molecular flexibility index (Phi) is 3.94. The zero-order valence-corrected chi connectivity index (χ0v) is 8.74. The van der Waals surface area contributed by atoms with E-state index < -0.39 is 12.1 Å². The Morgan fingerprint density at radius 2 is 2.20 bits per heavy atom. The van der Waals surface area contributed by atoms with Gasteiger partial charge in [-0.2, -0.15) is 0 Å². The highest BCUT2D eigenvalue weighted by molar-refractivity contribution is 6.33. The molecule has 0 bridgehead atoms. The number of rotatable bonds is 4. The SMILES string of the molecule is Nc1c(Cl)cccc1C(O)CCC(=O)O. The second-order valence-electron chi connectivity index (χ2n) is 3.19. The van der Waals surface area contributed by atoms with Crippen LogP contribution >= 0.6 is 11.6 Å². The third-order valence-electron chi connectivity index (χ3n) is 2.08. The van der Waals surface area contributed by atoms with Crippen LogP contribution in [0, 0.1) is 0 Å². The minimum absolute atomic E-state index is 0.104. The number of aliphatic carboxylic acids is 1. The molecule has 1 aromatic rings.